The second-order valence-electron chi connectivity index (χ2n) is 7.33. The van der Waals surface area contributed by atoms with Crippen LogP contribution in [0.5, 0.6) is 11.5 Å². The predicted octanol–water partition coefficient (Wildman–Crippen LogP) is 4.69. The molecule has 0 aliphatic carbocycles. The standard InChI is InChI=1S/C23H23ClN2O5/c1-13(2)12-30-21-18(24)9-15(11-20(21)29-4)10-19-23(28)31-22(26-19)16-5-7-17(8-6-16)25-14(3)27/h5-11,13H,12H2,1-4H3,(H,25,27)/b19-10-. The zero-order valence-corrected chi connectivity index (χ0v) is 18.4. The Morgan fingerprint density at radius 2 is 1.97 bits per heavy atom. The smallest absolute Gasteiger partial charge is 0.363 e. The molecule has 0 aromatic heterocycles. The molecule has 2 aromatic carbocycles. The van der Waals surface area contributed by atoms with Gasteiger partial charge in [-0.2, -0.15) is 0 Å². The number of aliphatic imine (C=N–C) groups is 1. The van der Waals surface area contributed by atoms with Crippen LogP contribution in [0, 0.1) is 5.92 Å². The topological polar surface area (TPSA) is 86.2 Å². The number of cyclic esters (lactones) is 1. The highest BCUT2D eigenvalue weighted by Crippen LogP contribution is 2.37. The second-order valence-corrected chi connectivity index (χ2v) is 7.74. The van der Waals surface area contributed by atoms with Crippen LogP contribution in [0.2, 0.25) is 5.02 Å². The van der Waals surface area contributed by atoms with Crippen LogP contribution in [0.3, 0.4) is 0 Å². The van der Waals surface area contributed by atoms with E-state index >= 15 is 0 Å². The molecule has 0 saturated carbocycles. The number of carbonyl (C=O) groups excluding carboxylic acids is 2. The van der Waals surface area contributed by atoms with Crippen molar-refractivity contribution in [3.05, 3.63) is 58.2 Å². The minimum absolute atomic E-state index is 0.134. The predicted molar refractivity (Wildman–Crippen MR) is 120 cm³/mol. The summed E-state index contributed by atoms with van der Waals surface area (Å²) in [6, 6.07) is 10.2. The molecule has 2 aromatic rings. The summed E-state index contributed by atoms with van der Waals surface area (Å²) < 4.78 is 16.4. The number of ether oxygens (including phenoxy) is 3. The lowest BCUT2D eigenvalue weighted by atomic mass is 10.1. The summed E-state index contributed by atoms with van der Waals surface area (Å²) in [5.74, 6) is 0.687. The van der Waals surface area contributed by atoms with E-state index in [0.717, 1.165) is 0 Å². The number of esters is 1. The first-order chi connectivity index (χ1) is 14.8. The van der Waals surface area contributed by atoms with Crippen LogP contribution in [0.25, 0.3) is 6.08 Å². The van der Waals surface area contributed by atoms with Gasteiger partial charge in [-0.05, 0) is 54.0 Å². The molecular formula is C23H23ClN2O5. The molecule has 1 heterocycles. The lowest BCUT2D eigenvalue weighted by Crippen LogP contribution is -2.07. The number of anilines is 1. The summed E-state index contributed by atoms with van der Waals surface area (Å²) in [7, 11) is 1.52. The molecule has 1 amide bonds. The highest BCUT2D eigenvalue weighted by molar-refractivity contribution is 6.32. The molecule has 8 heteroatoms. The van der Waals surface area contributed by atoms with Crippen molar-refractivity contribution in [3.8, 4) is 11.5 Å². The first-order valence-corrected chi connectivity index (χ1v) is 10.1. The number of rotatable bonds is 7. The van der Waals surface area contributed by atoms with Crippen molar-refractivity contribution in [1.29, 1.82) is 0 Å². The number of nitrogens with zero attached hydrogens (tertiary/aromatic N) is 1. The van der Waals surface area contributed by atoms with Gasteiger partial charge < -0.3 is 19.5 Å². The summed E-state index contributed by atoms with van der Waals surface area (Å²) in [5.41, 5.74) is 2.00. The van der Waals surface area contributed by atoms with Gasteiger partial charge in [0.05, 0.1) is 18.7 Å². The average Bonchev–Trinajstić information content (AvgIpc) is 3.07. The first-order valence-electron chi connectivity index (χ1n) is 9.67. The Bertz CT molecular complexity index is 1060. The number of amides is 1. The lowest BCUT2D eigenvalue weighted by molar-refractivity contribution is -0.129. The maximum Gasteiger partial charge on any atom is 0.363 e. The van der Waals surface area contributed by atoms with Crippen molar-refractivity contribution in [2.24, 2.45) is 10.9 Å². The fourth-order valence-electron chi connectivity index (χ4n) is 2.80. The van der Waals surface area contributed by atoms with Gasteiger partial charge in [0, 0.05) is 18.2 Å². The Morgan fingerprint density at radius 3 is 2.58 bits per heavy atom. The van der Waals surface area contributed by atoms with E-state index in [1.54, 1.807) is 42.5 Å². The van der Waals surface area contributed by atoms with Crippen molar-refractivity contribution >= 4 is 41.1 Å². The first kappa shape index (κ1) is 22.4. The van der Waals surface area contributed by atoms with Crippen LogP contribution in [-0.2, 0) is 14.3 Å². The monoisotopic (exact) mass is 442 g/mol. The quantitative estimate of drug-likeness (QED) is 0.496. The number of benzene rings is 2. The molecule has 1 aliphatic heterocycles. The van der Waals surface area contributed by atoms with Gasteiger partial charge in [-0.3, -0.25) is 4.79 Å². The molecule has 162 valence electrons. The number of methoxy groups -OCH3 is 1. The summed E-state index contributed by atoms with van der Waals surface area (Å²) in [4.78, 5) is 27.7. The van der Waals surface area contributed by atoms with Gasteiger partial charge in [0.15, 0.2) is 17.2 Å². The number of nitrogens with one attached hydrogen (secondary N) is 1. The number of hydrogen-bond donors (Lipinski definition) is 1. The van der Waals surface area contributed by atoms with Gasteiger partial charge in [-0.25, -0.2) is 9.79 Å². The van der Waals surface area contributed by atoms with E-state index in [-0.39, 0.29) is 17.5 Å². The van der Waals surface area contributed by atoms with E-state index in [9.17, 15) is 9.59 Å². The zero-order valence-electron chi connectivity index (χ0n) is 17.7. The molecular weight excluding hydrogens is 420 g/mol. The van der Waals surface area contributed by atoms with E-state index in [1.807, 2.05) is 13.8 Å². The van der Waals surface area contributed by atoms with Crippen LogP contribution in [0.1, 0.15) is 31.9 Å². The highest BCUT2D eigenvalue weighted by Gasteiger charge is 2.24. The van der Waals surface area contributed by atoms with E-state index in [4.69, 9.17) is 25.8 Å². The Morgan fingerprint density at radius 1 is 1.26 bits per heavy atom. The van der Waals surface area contributed by atoms with Gasteiger partial charge in [0.1, 0.15) is 0 Å². The average molecular weight is 443 g/mol. The Labute approximate surface area is 185 Å². The van der Waals surface area contributed by atoms with Crippen molar-refractivity contribution in [2.75, 3.05) is 19.0 Å². The number of carbonyl (C=O) groups is 2. The normalized spacial score (nSPS) is 14.5. The third kappa shape index (κ3) is 5.64. The van der Waals surface area contributed by atoms with Crippen molar-refractivity contribution in [2.45, 2.75) is 20.8 Å². The number of halogens is 1. The zero-order chi connectivity index (χ0) is 22.5. The molecule has 1 aliphatic rings. The summed E-state index contributed by atoms with van der Waals surface area (Å²) in [6.07, 6.45) is 1.57. The molecule has 0 fully saturated rings. The second kappa shape index (κ2) is 9.66. The lowest BCUT2D eigenvalue weighted by Gasteiger charge is -2.14. The molecule has 7 nitrogen and oxygen atoms in total. The van der Waals surface area contributed by atoms with Gasteiger partial charge in [-0.1, -0.05) is 25.4 Å². The fraction of sp³-hybridized carbons (Fsp3) is 0.261. The maximum absolute atomic E-state index is 12.3. The Balaban J connectivity index is 1.86. The molecule has 0 radical (unpaired) electrons. The van der Waals surface area contributed by atoms with Gasteiger partial charge in [0.2, 0.25) is 11.8 Å². The van der Waals surface area contributed by atoms with E-state index in [1.165, 1.54) is 14.0 Å². The fourth-order valence-corrected chi connectivity index (χ4v) is 3.08. The molecule has 0 spiro atoms. The molecule has 1 N–H and O–H groups in total. The molecule has 31 heavy (non-hydrogen) atoms. The van der Waals surface area contributed by atoms with E-state index in [2.05, 4.69) is 10.3 Å². The van der Waals surface area contributed by atoms with Gasteiger partial charge in [0.25, 0.3) is 0 Å². The summed E-state index contributed by atoms with van der Waals surface area (Å²) in [6.45, 7) is 6.00. The van der Waals surface area contributed by atoms with Crippen molar-refractivity contribution < 1.29 is 23.8 Å². The third-order valence-corrected chi connectivity index (χ3v) is 4.47. The van der Waals surface area contributed by atoms with Gasteiger partial charge in [-0.15, -0.1) is 0 Å². The van der Waals surface area contributed by atoms with Crippen LogP contribution in [0.15, 0.2) is 47.1 Å². The summed E-state index contributed by atoms with van der Waals surface area (Å²) >= 11 is 6.38. The Hall–Kier alpha value is -3.32. The molecule has 3 rings (SSSR count). The minimum atomic E-state index is -0.573. The molecule has 0 saturated heterocycles. The largest absolute Gasteiger partial charge is 0.493 e. The van der Waals surface area contributed by atoms with Crippen LogP contribution in [0.4, 0.5) is 5.69 Å². The minimum Gasteiger partial charge on any atom is -0.493 e. The number of hydrogen-bond acceptors (Lipinski definition) is 6. The molecule has 0 bridgehead atoms. The van der Waals surface area contributed by atoms with Gasteiger partial charge >= 0.3 is 5.97 Å². The molecule has 0 unspecified atom stereocenters. The summed E-state index contributed by atoms with van der Waals surface area (Å²) in [5, 5.41) is 3.05. The highest BCUT2D eigenvalue weighted by atomic mass is 35.5. The van der Waals surface area contributed by atoms with E-state index < -0.39 is 5.97 Å². The molecule has 0 atom stereocenters. The van der Waals surface area contributed by atoms with Crippen LogP contribution in [-0.4, -0.2) is 31.5 Å². The SMILES string of the molecule is COc1cc(/C=C2\N=C(c3ccc(NC(C)=O)cc3)OC2=O)cc(Cl)c1OCC(C)C. The van der Waals surface area contributed by atoms with E-state index in [0.29, 0.717) is 45.9 Å². The third-order valence-electron chi connectivity index (χ3n) is 4.19. The van der Waals surface area contributed by atoms with Crippen molar-refractivity contribution in [1.82, 2.24) is 0 Å². The maximum atomic E-state index is 12.3. The van der Waals surface area contributed by atoms with Crippen LogP contribution >= 0.6 is 11.6 Å². The Kier molecular flexibility index (Phi) is 6.97. The van der Waals surface area contributed by atoms with Crippen molar-refractivity contribution in [3.63, 3.8) is 0 Å². The van der Waals surface area contributed by atoms with Crippen LogP contribution < -0.4 is 14.8 Å².